The maximum atomic E-state index is 11.4. The molecule has 2 atom stereocenters. The molecule has 0 aliphatic carbocycles. The number of β-amino-alcohol motifs (C(OH)–C–C–N with tert-alkyl or cyclic N) is 1. The fourth-order valence-corrected chi connectivity index (χ4v) is 1.54. The summed E-state index contributed by atoms with van der Waals surface area (Å²) in [5.41, 5.74) is 4.93. The Hall–Kier alpha value is -1.10. The second-order valence-corrected chi connectivity index (χ2v) is 3.81. The molecule has 80 valence electrons. The summed E-state index contributed by atoms with van der Waals surface area (Å²) in [4.78, 5) is 23.5. The van der Waals surface area contributed by atoms with Crippen LogP contribution < -0.4 is 5.73 Å². The van der Waals surface area contributed by atoms with Crippen LogP contribution in [-0.4, -0.2) is 41.0 Å². The molecule has 14 heavy (non-hydrogen) atoms. The van der Waals surface area contributed by atoms with E-state index in [9.17, 15) is 14.7 Å². The van der Waals surface area contributed by atoms with Gasteiger partial charge >= 0.3 is 0 Å². The monoisotopic (exact) mass is 200 g/mol. The van der Waals surface area contributed by atoms with Crippen molar-refractivity contribution in [3.05, 3.63) is 0 Å². The van der Waals surface area contributed by atoms with E-state index < -0.39 is 12.0 Å². The van der Waals surface area contributed by atoms with E-state index in [-0.39, 0.29) is 24.7 Å². The predicted octanol–water partition coefficient (Wildman–Crippen LogP) is -0.909. The summed E-state index contributed by atoms with van der Waals surface area (Å²) in [7, 11) is 0. The number of primary amides is 1. The van der Waals surface area contributed by atoms with Crippen molar-refractivity contribution in [2.75, 3.05) is 13.1 Å². The van der Waals surface area contributed by atoms with Crippen LogP contribution in [0.2, 0.25) is 0 Å². The fraction of sp³-hybridized carbons (Fsp3) is 0.778. The highest BCUT2D eigenvalue weighted by Crippen LogP contribution is 2.17. The summed E-state index contributed by atoms with van der Waals surface area (Å²) in [5, 5.41) is 9.41. The molecular formula is C9H16N2O3. The van der Waals surface area contributed by atoms with Gasteiger partial charge in [-0.2, -0.15) is 0 Å². The van der Waals surface area contributed by atoms with Gasteiger partial charge in [0.1, 0.15) is 0 Å². The lowest BCUT2D eigenvalue weighted by atomic mass is 10.1. The fourth-order valence-electron chi connectivity index (χ4n) is 1.54. The van der Waals surface area contributed by atoms with Gasteiger partial charge in [-0.05, 0) is 0 Å². The molecule has 1 aliphatic heterocycles. The molecule has 0 unspecified atom stereocenters. The minimum atomic E-state index is -0.467. The lowest BCUT2D eigenvalue weighted by Crippen LogP contribution is -2.30. The zero-order chi connectivity index (χ0) is 10.7. The summed E-state index contributed by atoms with van der Waals surface area (Å²) in [6.45, 7) is 2.84. The second kappa shape index (κ2) is 4.41. The number of likely N-dealkylation sites (tertiary alicyclic amines) is 1. The predicted molar refractivity (Wildman–Crippen MR) is 50.2 cm³/mol. The maximum absolute atomic E-state index is 11.4. The molecule has 0 bridgehead atoms. The molecule has 0 radical (unpaired) electrons. The number of amides is 2. The lowest BCUT2D eigenvalue weighted by molar-refractivity contribution is -0.132. The minimum Gasteiger partial charge on any atom is -0.391 e. The van der Waals surface area contributed by atoms with Crippen LogP contribution in [0.15, 0.2) is 0 Å². The first-order valence-corrected chi connectivity index (χ1v) is 4.75. The molecule has 1 aliphatic rings. The maximum Gasteiger partial charge on any atom is 0.223 e. The molecule has 0 aromatic rings. The number of aliphatic hydroxyl groups excluding tert-OH is 1. The van der Waals surface area contributed by atoms with Crippen molar-refractivity contribution in [3.8, 4) is 0 Å². The highest BCUT2D eigenvalue weighted by Gasteiger charge is 2.30. The van der Waals surface area contributed by atoms with Gasteiger partial charge in [-0.25, -0.2) is 0 Å². The van der Waals surface area contributed by atoms with Gasteiger partial charge in [-0.15, -0.1) is 0 Å². The van der Waals surface area contributed by atoms with Gasteiger partial charge in [0, 0.05) is 31.8 Å². The number of aliphatic hydroxyl groups is 1. The van der Waals surface area contributed by atoms with Gasteiger partial charge in [0.05, 0.1) is 6.10 Å². The molecule has 0 aromatic heterocycles. The second-order valence-electron chi connectivity index (χ2n) is 3.81. The Morgan fingerprint density at radius 1 is 1.43 bits per heavy atom. The number of nitrogens with zero attached hydrogens (tertiary/aromatic N) is 1. The SMILES string of the molecule is C[C@@H]1CN(C(=O)CCC(N)=O)C[C@H]1O. The average molecular weight is 200 g/mol. The molecule has 0 aromatic carbocycles. The Kier molecular flexibility index (Phi) is 3.46. The molecule has 3 N–H and O–H groups in total. The molecule has 1 rings (SSSR count). The first kappa shape index (κ1) is 11.0. The number of rotatable bonds is 3. The molecule has 0 saturated carbocycles. The van der Waals surface area contributed by atoms with Crippen LogP contribution in [0, 0.1) is 5.92 Å². The van der Waals surface area contributed by atoms with Crippen molar-refractivity contribution in [3.63, 3.8) is 0 Å². The lowest BCUT2D eigenvalue weighted by Gasteiger charge is -2.14. The standard InChI is InChI=1S/C9H16N2O3/c1-6-4-11(5-7(6)12)9(14)3-2-8(10)13/h6-7,12H,2-5H2,1H3,(H2,10,13)/t6-,7-/m1/s1. The number of hydrogen-bond donors (Lipinski definition) is 2. The van der Waals surface area contributed by atoms with Crippen molar-refractivity contribution in [1.82, 2.24) is 4.90 Å². The Bertz CT molecular complexity index is 232. The minimum absolute atomic E-state index is 0.0831. The molecular weight excluding hydrogens is 184 g/mol. The zero-order valence-corrected chi connectivity index (χ0v) is 8.27. The first-order valence-electron chi connectivity index (χ1n) is 4.75. The van der Waals surface area contributed by atoms with Crippen LogP contribution >= 0.6 is 0 Å². The quantitative estimate of drug-likeness (QED) is 0.618. The van der Waals surface area contributed by atoms with Gasteiger partial charge in [-0.3, -0.25) is 9.59 Å². The van der Waals surface area contributed by atoms with E-state index >= 15 is 0 Å². The Morgan fingerprint density at radius 3 is 2.50 bits per heavy atom. The molecule has 5 heteroatoms. The van der Waals surface area contributed by atoms with Crippen molar-refractivity contribution in [2.24, 2.45) is 11.7 Å². The molecule has 0 spiro atoms. The van der Waals surface area contributed by atoms with Gasteiger partial charge in [0.15, 0.2) is 0 Å². The third kappa shape index (κ3) is 2.70. The highest BCUT2D eigenvalue weighted by molar-refractivity contribution is 5.83. The van der Waals surface area contributed by atoms with Gasteiger partial charge < -0.3 is 15.7 Å². The zero-order valence-electron chi connectivity index (χ0n) is 8.27. The Balaban J connectivity index is 2.36. The van der Waals surface area contributed by atoms with E-state index in [0.717, 1.165) is 0 Å². The molecule has 1 fully saturated rings. The average Bonchev–Trinajstić information content (AvgIpc) is 2.43. The van der Waals surface area contributed by atoms with Crippen LogP contribution in [-0.2, 0) is 9.59 Å². The third-order valence-electron chi connectivity index (χ3n) is 2.51. The number of carbonyl (C=O) groups excluding carboxylic acids is 2. The van der Waals surface area contributed by atoms with E-state index in [2.05, 4.69) is 0 Å². The highest BCUT2D eigenvalue weighted by atomic mass is 16.3. The Morgan fingerprint density at radius 2 is 2.07 bits per heavy atom. The van der Waals surface area contributed by atoms with E-state index in [4.69, 9.17) is 5.73 Å². The van der Waals surface area contributed by atoms with Crippen molar-refractivity contribution < 1.29 is 14.7 Å². The normalized spacial score (nSPS) is 26.6. The molecule has 2 amide bonds. The summed E-state index contributed by atoms with van der Waals surface area (Å²) >= 11 is 0. The van der Waals surface area contributed by atoms with Crippen molar-refractivity contribution in [2.45, 2.75) is 25.9 Å². The van der Waals surface area contributed by atoms with Crippen LogP contribution in [0.3, 0.4) is 0 Å². The van der Waals surface area contributed by atoms with Crippen LogP contribution in [0.5, 0.6) is 0 Å². The number of nitrogens with two attached hydrogens (primary N) is 1. The van der Waals surface area contributed by atoms with E-state index in [1.54, 1.807) is 4.90 Å². The molecule has 1 saturated heterocycles. The number of carbonyl (C=O) groups is 2. The van der Waals surface area contributed by atoms with Crippen molar-refractivity contribution in [1.29, 1.82) is 0 Å². The van der Waals surface area contributed by atoms with Crippen LogP contribution in [0.4, 0.5) is 0 Å². The van der Waals surface area contributed by atoms with E-state index in [1.807, 2.05) is 6.92 Å². The summed E-state index contributed by atoms with van der Waals surface area (Å²) in [6.07, 6.45) is -0.207. The molecule has 5 nitrogen and oxygen atoms in total. The summed E-state index contributed by atoms with van der Waals surface area (Å²) in [6, 6.07) is 0. The van der Waals surface area contributed by atoms with Gasteiger partial charge in [-0.1, -0.05) is 6.92 Å². The van der Waals surface area contributed by atoms with Crippen LogP contribution in [0.1, 0.15) is 19.8 Å². The van der Waals surface area contributed by atoms with Gasteiger partial charge in [0.2, 0.25) is 11.8 Å². The van der Waals surface area contributed by atoms with Crippen molar-refractivity contribution >= 4 is 11.8 Å². The third-order valence-corrected chi connectivity index (χ3v) is 2.51. The van der Waals surface area contributed by atoms with E-state index in [1.165, 1.54) is 0 Å². The number of hydrogen-bond acceptors (Lipinski definition) is 3. The first-order chi connectivity index (χ1) is 6.50. The topological polar surface area (TPSA) is 83.6 Å². The Labute approximate surface area is 82.9 Å². The largest absolute Gasteiger partial charge is 0.391 e. The van der Waals surface area contributed by atoms with Gasteiger partial charge in [0.25, 0.3) is 0 Å². The van der Waals surface area contributed by atoms with Crippen LogP contribution in [0.25, 0.3) is 0 Å². The molecule has 1 heterocycles. The van der Waals surface area contributed by atoms with E-state index in [0.29, 0.717) is 13.1 Å². The summed E-state index contributed by atoms with van der Waals surface area (Å²) in [5.74, 6) is -0.453. The summed E-state index contributed by atoms with van der Waals surface area (Å²) < 4.78 is 0. The smallest absolute Gasteiger partial charge is 0.223 e.